The molecule has 0 amide bonds. The molecule has 1 unspecified atom stereocenters. The molecule has 3 aromatic heterocycles. The molecule has 5 heterocycles. The van der Waals surface area contributed by atoms with Crippen molar-refractivity contribution in [3.63, 3.8) is 0 Å². The predicted molar refractivity (Wildman–Crippen MR) is 173 cm³/mol. The zero-order chi connectivity index (χ0) is 31.6. The normalized spacial score (nSPS) is 22.4. The molecule has 1 saturated heterocycles. The van der Waals surface area contributed by atoms with Crippen LogP contribution < -0.4 is 25.7 Å². The van der Waals surface area contributed by atoms with Gasteiger partial charge in [-0.3, -0.25) is 9.59 Å². The molecule has 10 heteroatoms. The van der Waals surface area contributed by atoms with Gasteiger partial charge in [-0.25, -0.2) is 4.79 Å². The number of aromatic nitrogens is 3. The van der Waals surface area contributed by atoms with Crippen molar-refractivity contribution in [2.75, 3.05) is 7.11 Å². The van der Waals surface area contributed by atoms with E-state index < -0.39 is 23.8 Å². The van der Waals surface area contributed by atoms with Gasteiger partial charge in [0, 0.05) is 12.0 Å². The maximum atomic E-state index is 13.9. The van der Waals surface area contributed by atoms with Crippen molar-refractivity contribution < 1.29 is 24.2 Å². The van der Waals surface area contributed by atoms with Gasteiger partial charge in [-0.15, -0.1) is 33.5 Å². The number of hydrogen-bond donors (Lipinski definition) is 1. The minimum Gasteiger partial charge on any atom is -0.681 e. The largest absolute Gasteiger partial charge is 2.00 e. The van der Waals surface area contributed by atoms with Gasteiger partial charge in [0.15, 0.2) is 5.78 Å². The molecule has 45 heavy (non-hydrogen) atoms. The zero-order valence-electron chi connectivity index (χ0n) is 26.4. The Morgan fingerprint density at radius 1 is 1.00 bits per heavy atom. The smallest absolute Gasteiger partial charge is 0.681 e. The van der Waals surface area contributed by atoms with Crippen LogP contribution in [-0.2, 0) is 20.7 Å². The number of carboxylic acid groups (broad SMARTS) is 1. The molecule has 6 rings (SSSR count). The van der Waals surface area contributed by atoms with Gasteiger partial charge in [0.1, 0.15) is 5.57 Å². The Balaban J connectivity index is 0.00000400. The van der Waals surface area contributed by atoms with Gasteiger partial charge in [-0.05, 0) is 51.0 Å². The summed E-state index contributed by atoms with van der Waals surface area (Å²) in [5.74, 6) is -2.62. The number of Topliss-reactive ketones (excluding diaryl/α,β-unsaturated/α-hetero) is 1. The summed E-state index contributed by atoms with van der Waals surface area (Å²) in [5.41, 5.74) is 8.46. The number of carbonyl (C=O) groups is 3. The molecule has 2 aliphatic heterocycles. The van der Waals surface area contributed by atoms with Gasteiger partial charge in [0.2, 0.25) is 0 Å². The number of nitrogens with zero attached hydrogens (tertiary/aromatic N) is 4. The van der Waals surface area contributed by atoms with Gasteiger partial charge in [0.05, 0.1) is 7.11 Å². The summed E-state index contributed by atoms with van der Waals surface area (Å²) < 4.78 is 5.09. The van der Waals surface area contributed by atoms with E-state index in [-0.39, 0.29) is 46.9 Å². The van der Waals surface area contributed by atoms with Crippen molar-refractivity contribution in [3.8, 4) is 0 Å². The van der Waals surface area contributed by atoms with Crippen molar-refractivity contribution in [3.05, 3.63) is 90.0 Å². The predicted octanol–water partition coefficient (Wildman–Crippen LogP) is 3.32. The Morgan fingerprint density at radius 2 is 1.69 bits per heavy atom. The van der Waals surface area contributed by atoms with Crippen LogP contribution in [0.1, 0.15) is 87.6 Å². The van der Waals surface area contributed by atoms with Crippen LogP contribution in [0.2, 0.25) is 0 Å². The number of ketones is 1. The second-order valence-electron chi connectivity index (χ2n) is 11.7. The molecule has 0 spiro atoms. The molecule has 0 radical (unpaired) electrons. The average Bonchev–Trinajstić information content (AvgIpc) is 3.72. The SMILES string of the molecule is C=Cc1c2[n-]c(c1C)/C=C1\[N-]C(C3=C(C(=O)OC)C(=O)c4c3[n-]c(c4C)/C=c3\[n-]/c(c(C)c3CC)=C\2)[C@@H](CCC(=O)O)[C@@H]1C.[Mg+2]. The number of ether oxygens (including phenoxy) is 1. The number of fused-ring (bicyclic) bond motifs is 8. The third-order valence-electron chi connectivity index (χ3n) is 9.47. The fourth-order valence-corrected chi connectivity index (χ4v) is 6.99. The Bertz CT molecular complexity index is 1970. The first-order valence-electron chi connectivity index (χ1n) is 14.8. The standard InChI is InChI=1S/C35H37N4O5.Mg/c1-8-19-15(3)22-12-24-17(5)21(10-11-28(40)41)32(38-24)30-31(35(43)44-7)34(42)29-18(6)25(39-33(29)30)14-27-20(9-2)16(4)23(37-27)13-26(19)36-22;/h8,12-14,17,21,32H,1,9-11H2,2-7H3,(H4-,36,37,38,39,40,41,42,43);/q-1;+2/p-3/t17-,21-,32?;/m0./s1. The molecule has 9 nitrogen and oxygen atoms in total. The minimum absolute atomic E-state index is 0. The number of hydrogen-bond acceptors (Lipinski definition) is 4. The summed E-state index contributed by atoms with van der Waals surface area (Å²) in [7, 11) is 1.24. The maximum Gasteiger partial charge on any atom is 2.00 e. The van der Waals surface area contributed by atoms with Crippen LogP contribution in [0, 0.1) is 32.6 Å². The fourth-order valence-electron chi connectivity index (χ4n) is 6.99. The fraction of sp³-hybridized carbons (Fsp3) is 0.343. The number of carboxylic acids is 1. The summed E-state index contributed by atoms with van der Waals surface area (Å²) in [6, 6.07) is -0.678. The second kappa shape index (κ2) is 12.1. The molecule has 228 valence electrons. The molecular formula is C35H34MgN4O5-2. The molecule has 1 N–H and O–H groups in total. The molecule has 1 aliphatic carbocycles. The van der Waals surface area contributed by atoms with Gasteiger partial charge in [-0.2, -0.15) is 5.70 Å². The van der Waals surface area contributed by atoms with Crippen LogP contribution in [-0.4, -0.2) is 59.0 Å². The quantitative estimate of drug-likeness (QED) is 0.254. The number of rotatable bonds is 6. The molecule has 1 fully saturated rings. The van der Waals surface area contributed by atoms with E-state index in [1.165, 1.54) is 7.11 Å². The maximum absolute atomic E-state index is 13.9. The summed E-state index contributed by atoms with van der Waals surface area (Å²) in [6.07, 6.45) is 8.56. The van der Waals surface area contributed by atoms with Crippen molar-refractivity contribution in [2.24, 2.45) is 11.8 Å². The summed E-state index contributed by atoms with van der Waals surface area (Å²) in [6.45, 7) is 14.0. The summed E-state index contributed by atoms with van der Waals surface area (Å²) in [5, 5.41) is 16.3. The van der Waals surface area contributed by atoms with E-state index in [0.29, 0.717) is 40.2 Å². The van der Waals surface area contributed by atoms with E-state index in [0.717, 1.165) is 50.8 Å². The van der Waals surface area contributed by atoms with Gasteiger partial charge < -0.3 is 30.1 Å². The third kappa shape index (κ3) is 5.04. The topological polar surface area (TPSA) is 137 Å². The Hall–Kier alpha value is -4.02. The first kappa shape index (κ1) is 32.4. The third-order valence-corrected chi connectivity index (χ3v) is 9.47. The minimum atomic E-state index is -0.927. The van der Waals surface area contributed by atoms with Crippen LogP contribution in [0.15, 0.2) is 17.8 Å². The van der Waals surface area contributed by atoms with Crippen LogP contribution in [0.4, 0.5) is 0 Å². The first-order valence-corrected chi connectivity index (χ1v) is 14.8. The van der Waals surface area contributed by atoms with Crippen molar-refractivity contribution in [1.82, 2.24) is 15.0 Å². The van der Waals surface area contributed by atoms with Crippen LogP contribution >= 0.6 is 0 Å². The zero-order valence-corrected chi connectivity index (χ0v) is 27.9. The van der Waals surface area contributed by atoms with Crippen LogP contribution in [0.3, 0.4) is 0 Å². The number of esters is 1. The summed E-state index contributed by atoms with van der Waals surface area (Å²) in [4.78, 5) is 53.7. The first-order chi connectivity index (χ1) is 21.0. The van der Waals surface area contributed by atoms with E-state index in [1.807, 2.05) is 45.9 Å². The molecule has 3 aromatic rings. The van der Waals surface area contributed by atoms with Gasteiger partial charge in [0.25, 0.3) is 0 Å². The Labute approximate surface area is 277 Å². The van der Waals surface area contributed by atoms with Crippen LogP contribution in [0.25, 0.3) is 35.2 Å². The second-order valence-corrected chi connectivity index (χ2v) is 11.7. The van der Waals surface area contributed by atoms with E-state index in [2.05, 4.69) is 13.5 Å². The number of carbonyl (C=O) groups excluding carboxylic acids is 2. The van der Waals surface area contributed by atoms with E-state index in [4.69, 9.17) is 25.0 Å². The van der Waals surface area contributed by atoms with Crippen molar-refractivity contribution >= 4 is 70.7 Å². The number of methoxy groups -OCH3 is 1. The van der Waals surface area contributed by atoms with Crippen molar-refractivity contribution in [2.45, 2.75) is 59.9 Å². The Kier molecular flexibility index (Phi) is 8.67. The Morgan fingerprint density at radius 3 is 2.33 bits per heavy atom. The van der Waals surface area contributed by atoms with Crippen LogP contribution in [0.5, 0.6) is 0 Å². The van der Waals surface area contributed by atoms with E-state index in [1.54, 1.807) is 6.08 Å². The molecule has 0 saturated carbocycles. The van der Waals surface area contributed by atoms with E-state index in [9.17, 15) is 19.5 Å². The molecule has 3 atom stereocenters. The van der Waals surface area contributed by atoms with Crippen molar-refractivity contribution in [1.29, 1.82) is 0 Å². The van der Waals surface area contributed by atoms with Gasteiger partial charge >= 0.3 is 35.0 Å². The average molecular weight is 615 g/mol. The van der Waals surface area contributed by atoms with Gasteiger partial charge in [-0.1, -0.05) is 78.6 Å². The molecular weight excluding hydrogens is 581 g/mol. The summed E-state index contributed by atoms with van der Waals surface area (Å²) >= 11 is 0. The number of aliphatic carboxylic acids is 1. The monoisotopic (exact) mass is 614 g/mol. The molecule has 8 bridgehead atoms. The molecule has 3 aliphatic rings. The number of allylic oxidation sites excluding steroid dienone is 1. The molecule has 0 aromatic carbocycles. The van der Waals surface area contributed by atoms with E-state index >= 15 is 0 Å².